The lowest BCUT2D eigenvalue weighted by Crippen LogP contribution is -2.28. The highest BCUT2D eigenvalue weighted by Gasteiger charge is 2.20. The molecule has 0 aliphatic carbocycles. The lowest BCUT2D eigenvalue weighted by molar-refractivity contribution is 0.550. The number of nitrogens with one attached hydrogen (secondary N) is 1. The van der Waals surface area contributed by atoms with Crippen LogP contribution in [-0.2, 0) is 10.0 Å². The Labute approximate surface area is 126 Å². The lowest BCUT2D eigenvalue weighted by atomic mass is 10.1. The third-order valence-electron chi connectivity index (χ3n) is 3.29. The van der Waals surface area contributed by atoms with Gasteiger partial charge in [0.05, 0.1) is 4.90 Å². The summed E-state index contributed by atoms with van der Waals surface area (Å²) in [5.41, 5.74) is 7.96. The quantitative estimate of drug-likeness (QED) is 0.834. The number of hydrogen-bond acceptors (Lipinski definition) is 3. The summed E-state index contributed by atoms with van der Waals surface area (Å²) in [6.07, 6.45) is 0.671. The van der Waals surface area contributed by atoms with Crippen molar-refractivity contribution in [2.75, 3.05) is 5.73 Å². The third kappa shape index (κ3) is 3.83. The average molecular weight is 304 g/mol. The molecule has 0 radical (unpaired) electrons. The van der Waals surface area contributed by atoms with Crippen LogP contribution in [-0.4, -0.2) is 8.42 Å². The fraction of sp³-hybridized carbons (Fsp3) is 0.250. The number of nitrogen functional groups attached to an aromatic ring is 1. The largest absolute Gasteiger partial charge is 0.399 e. The molecule has 1 atom stereocenters. The van der Waals surface area contributed by atoms with Crippen molar-refractivity contribution in [2.24, 2.45) is 0 Å². The van der Waals surface area contributed by atoms with Crippen LogP contribution < -0.4 is 10.5 Å². The third-order valence-corrected chi connectivity index (χ3v) is 4.74. The van der Waals surface area contributed by atoms with Gasteiger partial charge in [0.15, 0.2) is 0 Å². The SMILES string of the molecule is CCC(NS(=O)(=O)c1cc(C)cc(N)c1)c1ccccc1. The van der Waals surface area contributed by atoms with E-state index in [-0.39, 0.29) is 10.9 Å². The molecule has 0 aromatic heterocycles. The highest BCUT2D eigenvalue weighted by atomic mass is 32.2. The van der Waals surface area contributed by atoms with Crippen LogP contribution in [0.1, 0.15) is 30.5 Å². The van der Waals surface area contributed by atoms with Crippen LogP contribution in [0.2, 0.25) is 0 Å². The number of anilines is 1. The summed E-state index contributed by atoms with van der Waals surface area (Å²) >= 11 is 0. The predicted molar refractivity (Wildman–Crippen MR) is 85.4 cm³/mol. The van der Waals surface area contributed by atoms with Crippen molar-refractivity contribution in [3.05, 3.63) is 59.7 Å². The van der Waals surface area contributed by atoms with Crippen LogP contribution in [0.15, 0.2) is 53.4 Å². The molecule has 112 valence electrons. The van der Waals surface area contributed by atoms with E-state index >= 15 is 0 Å². The molecule has 0 aliphatic heterocycles. The van der Waals surface area contributed by atoms with E-state index in [1.807, 2.05) is 44.2 Å². The van der Waals surface area contributed by atoms with Gasteiger partial charge in [0.2, 0.25) is 10.0 Å². The monoisotopic (exact) mass is 304 g/mol. The van der Waals surface area contributed by atoms with E-state index in [2.05, 4.69) is 4.72 Å². The van der Waals surface area contributed by atoms with Crippen molar-refractivity contribution < 1.29 is 8.42 Å². The Morgan fingerprint density at radius 3 is 2.38 bits per heavy atom. The second-order valence-electron chi connectivity index (χ2n) is 5.07. The molecule has 2 aromatic carbocycles. The van der Waals surface area contributed by atoms with Gasteiger partial charge in [-0.3, -0.25) is 0 Å². The van der Waals surface area contributed by atoms with Crippen LogP contribution in [0, 0.1) is 6.92 Å². The Kier molecular flexibility index (Phi) is 4.65. The first-order valence-electron chi connectivity index (χ1n) is 6.87. The summed E-state index contributed by atoms with van der Waals surface area (Å²) in [5, 5.41) is 0. The normalized spacial score (nSPS) is 13.0. The minimum atomic E-state index is -3.59. The minimum absolute atomic E-state index is 0.203. The number of hydrogen-bond donors (Lipinski definition) is 2. The fourth-order valence-corrected chi connectivity index (χ4v) is 3.71. The maximum Gasteiger partial charge on any atom is 0.241 e. The van der Waals surface area contributed by atoms with E-state index in [1.54, 1.807) is 12.1 Å². The molecule has 2 rings (SSSR count). The van der Waals surface area contributed by atoms with Crippen LogP contribution in [0.25, 0.3) is 0 Å². The van der Waals surface area contributed by atoms with Gasteiger partial charge in [0.25, 0.3) is 0 Å². The Bertz CT molecular complexity index is 692. The first-order valence-corrected chi connectivity index (χ1v) is 8.35. The number of sulfonamides is 1. The first-order chi connectivity index (χ1) is 9.92. The number of rotatable bonds is 5. The highest BCUT2D eigenvalue weighted by molar-refractivity contribution is 7.89. The summed E-state index contributed by atoms with van der Waals surface area (Å²) < 4.78 is 27.8. The van der Waals surface area contributed by atoms with E-state index in [1.165, 1.54) is 6.07 Å². The van der Waals surface area contributed by atoms with Crippen molar-refractivity contribution in [2.45, 2.75) is 31.2 Å². The zero-order chi connectivity index (χ0) is 15.5. The summed E-state index contributed by atoms with van der Waals surface area (Å²) in [6.45, 7) is 3.77. The molecule has 0 bridgehead atoms. The van der Waals surface area contributed by atoms with Gasteiger partial charge in [-0.15, -0.1) is 0 Å². The second-order valence-corrected chi connectivity index (χ2v) is 6.79. The number of nitrogens with two attached hydrogens (primary N) is 1. The van der Waals surface area contributed by atoms with Gasteiger partial charge in [0, 0.05) is 11.7 Å². The molecular formula is C16H20N2O2S. The summed E-state index contributed by atoms with van der Waals surface area (Å²) in [4.78, 5) is 0.203. The molecule has 4 nitrogen and oxygen atoms in total. The van der Waals surface area contributed by atoms with E-state index in [0.717, 1.165) is 11.1 Å². The molecule has 2 aromatic rings. The smallest absolute Gasteiger partial charge is 0.241 e. The van der Waals surface area contributed by atoms with Gasteiger partial charge in [-0.05, 0) is 42.7 Å². The van der Waals surface area contributed by atoms with Crippen molar-refractivity contribution >= 4 is 15.7 Å². The molecule has 0 fully saturated rings. The van der Waals surface area contributed by atoms with Crippen LogP contribution in [0.3, 0.4) is 0 Å². The van der Waals surface area contributed by atoms with E-state index in [4.69, 9.17) is 5.73 Å². The van der Waals surface area contributed by atoms with Gasteiger partial charge < -0.3 is 5.73 Å². The van der Waals surface area contributed by atoms with E-state index in [9.17, 15) is 8.42 Å². The standard InChI is InChI=1S/C16H20N2O2S/c1-3-16(13-7-5-4-6-8-13)18-21(19,20)15-10-12(2)9-14(17)11-15/h4-11,16,18H,3,17H2,1-2H3. The van der Waals surface area contributed by atoms with Crippen LogP contribution in [0.5, 0.6) is 0 Å². The van der Waals surface area contributed by atoms with Gasteiger partial charge in [0.1, 0.15) is 0 Å². The average Bonchev–Trinajstić information content (AvgIpc) is 2.45. The Morgan fingerprint density at radius 1 is 1.14 bits per heavy atom. The Balaban J connectivity index is 2.31. The van der Waals surface area contributed by atoms with E-state index in [0.29, 0.717) is 12.1 Å². The summed E-state index contributed by atoms with van der Waals surface area (Å²) in [5.74, 6) is 0. The summed E-state index contributed by atoms with van der Waals surface area (Å²) in [6, 6.07) is 14.1. The molecule has 5 heteroatoms. The van der Waals surface area contributed by atoms with Gasteiger partial charge in [-0.1, -0.05) is 37.3 Å². The number of aryl methyl sites for hydroxylation is 1. The molecule has 0 heterocycles. The van der Waals surface area contributed by atoms with Gasteiger partial charge >= 0.3 is 0 Å². The zero-order valence-electron chi connectivity index (χ0n) is 12.2. The van der Waals surface area contributed by atoms with E-state index < -0.39 is 10.0 Å². The molecule has 0 amide bonds. The van der Waals surface area contributed by atoms with Gasteiger partial charge in [-0.2, -0.15) is 0 Å². The molecule has 0 aliphatic rings. The fourth-order valence-electron chi connectivity index (χ4n) is 2.26. The maximum absolute atomic E-state index is 12.5. The predicted octanol–water partition coefficient (Wildman–Crippen LogP) is 3.01. The Morgan fingerprint density at radius 2 is 1.81 bits per heavy atom. The maximum atomic E-state index is 12.5. The van der Waals surface area contributed by atoms with Crippen molar-refractivity contribution in [3.8, 4) is 0 Å². The lowest BCUT2D eigenvalue weighted by Gasteiger charge is -2.18. The zero-order valence-corrected chi connectivity index (χ0v) is 13.0. The molecule has 0 spiro atoms. The molecular weight excluding hydrogens is 284 g/mol. The van der Waals surface area contributed by atoms with Gasteiger partial charge in [-0.25, -0.2) is 13.1 Å². The Hall–Kier alpha value is -1.85. The van der Waals surface area contributed by atoms with Crippen molar-refractivity contribution in [1.29, 1.82) is 0 Å². The molecule has 1 unspecified atom stereocenters. The van der Waals surface area contributed by atoms with Crippen LogP contribution in [0.4, 0.5) is 5.69 Å². The molecule has 21 heavy (non-hydrogen) atoms. The second kappa shape index (κ2) is 6.28. The van der Waals surface area contributed by atoms with Crippen molar-refractivity contribution in [1.82, 2.24) is 4.72 Å². The minimum Gasteiger partial charge on any atom is -0.399 e. The molecule has 0 saturated heterocycles. The molecule has 0 saturated carbocycles. The number of benzene rings is 2. The topological polar surface area (TPSA) is 72.2 Å². The van der Waals surface area contributed by atoms with Crippen LogP contribution >= 0.6 is 0 Å². The highest BCUT2D eigenvalue weighted by Crippen LogP contribution is 2.22. The van der Waals surface area contributed by atoms with Crippen molar-refractivity contribution in [3.63, 3.8) is 0 Å². The molecule has 3 N–H and O–H groups in total. The summed E-state index contributed by atoms with van der Waals surface area (Å²) in [7, 11) is -3.59. The first kappa shape index (κ1) is 15.5.